The average Bonchev–Trinajstić information content (AvgIpc) is 3.10. The number of benzene rings is 2. The highest BCUT2D eigenvalue weighted by atomic mass is 16.5. The van der Waals surface area contributed by atoms with Crippen LogP contribution >= 0.6 is 0 Å². The highest BCUT2D eigenvalue weighted by Crippen LogP contribution is 2.27. The molecule has 4 rings (SSSR count). The van der Waals surface area contributed by atoms with Crippen molar-refractivity contribution in [3.63, 3.8) is 0 Å². The molecule has 2 aromatic carbocycles. The van der Waals surface area contributed by atoms with Crippen molar-refractivity contribution in [1.82, 2.24) is 14.3 Å². The first kappa shape index (κ1) is 23.0. The SMILES string of the molecule is CCOC(=O)c1ccc(NC(=O)[C@H](C)n2c(C)c3cnn(-c4ccccc4)c(=O)c3c2C)cc1. The minimum atomic E-state index is -0.582. The highest BCUT2D eigenvalue weighted by molar-refractivity contribution is 5.96. The van der Waals surface area contributed by atoms with Crippen molar-refractivity contribution in [2.75, 3.05) is 11.9 Å². The zero-order valence-corrected chi connectivity index (χ0v) is 19.5. The van der Waals surface area contributed by atoms with Crippen LogP contribution in [0.4, 0.5) is 5.69 Å². The summed E-state index contributed by atoms with van der Waals surface area (Å²) in [7, 11) is 0. The van der Waals surface area contributed by atoms with Crippen LogP contribution in [0.3, 0.4) is 0 Å². The third-order valence-electron chi connectivity index (χ3n) is 5.88. The molecule has 1 N–H and O–H groups in total. The number of amides is 1. The number of rotatable bonds is 6. The number of hydrogen-bond acceptors (Lipinski definition) is 5. The minimum absolute atomic E-state index is 0.231. The van der Waals surface area contributed by atoms with Crippen molar-refractivity contribution in [3.8, 4) is 5.69 Å². The normalized spacial score (nSPS) is 11.9. The van der Waals surface area contributed by atoms with Gasteiger partial charge in [-0.3, -0.25) is 9.59 Å². The van der Waals surface area contributed by atoms with Crippen LogP contribution in [0.15, 0.2) is 65.6 Å². The molecule has 0 aliphatic rings. The number of carbonyl (C=O) groups is 2. The van der Waals surface area contributed by atoms with Gasteiger partial charge in [0.2, 0.25) is 5.91 Å². The second-order valence-electron chi connectivity index (χ2n) is 7.99. The maximum absolute atomic E-state index is 13.3. The van der Waals surface area contributed by atoms with E-state index in [0.29, 0.717) is 40.0 Å². The molecular weight excluding hydrogens is 432 g/mol. The van der Waals surface area contributed by atoms with Crippen LogP contribution in [0.2, 0.25) is 0 Å². The van der Waals surface area contributed by atoms with E-state index in [0.717, 1.165) is 5.69 Å². The number of para-hydroxylation sites is 1. The maximum Gasteiger partial charge on any atom is 0.338 e. The summed E-state index contributed by atoms with van der Waals surface area (Å²) in [5.41, 5.74) is 2.91. The van der Waals surface area contributed by atoms with Gasteiger partial charge in [-0.15, -0.1) is 0 Å². The van der Waals surface area contributed by atoms with Gasteiger partial charge in [0, 0.05) is 22.5 Å². The largest absolute Gasteiger partial charge is 0.462 e. The Labute approximate surface area is 196 Å². The first-order valence-corrected chi connectivity index (χ1v) is 11.1. The predicted octanol–water partition coefficient (Wildman–Crippen LogP) is 4.18. The lowest BCUT2D eigenvalue weighted by molar-refractivity contribution is -0.118. The maximum atomic E-state index is 13.3. The van der Waals surface area contributed by atoms with Gasteiger partial charge in [-0.05, 0) is 64.1 Å². The van der Waals surface area contributed by atoms with Gasteiger partial charge in [0.25, 0.3) is 5.56 Å². The number of esters is 1. The second-order valence-corrected chi connectivity index (χ2v) is 7.99. The van der Waals surface area contributed by atoms with Crippen molar-refractivity contribution in [2.45, 2.75) is 33.7 Å². The van der Waals surface area contributed by atoms with Crippen LogP contribution < -0.4 is 10.9 Å². The van der Waals surface area contributed by atoms with E-state index in [9.17, 15) is 14.4 Å². The van der Waals surface area contributed by atoms with E-state index in [1.165, 1.54) is 4.68 Å². The van der Waals surface area contributed by atoms with E-state index < -0.39 is 12.0 Å². The lowest BCUT2D eigenvalue weighted by Gasteiger charge is -2.18. The van der Waals surface area contributed by atoms with Crippen LogP contribution in [0, 0.1) is 13.8 Å². The molecule has 0 aliphatic heterocycles. The van der Waals surface area contributed by atoms with Crippen molar-refractivity contribution in [3.05, 3.63) is 88.1 Å². The Morgan fingerprint density at radius 1 is 1.03 bits per heavy atom. The van der Waals surface area contributed by atoms with E-state index in [1.54, 1.807) is 44.3 Å². The Balaban J connectivity index is 1.64. The van der Waals surface area contributed by atoms with Crippen LogP contribution in [0.1, 0.15) is 41.6 Å². The molecule has 34 heavy (non-hydrogen) atoms. The standard InChI is InChI=1S/C26H26N4O4/c1-5-34-26(33)19-11-13-20(14-12-19)28-24(31)18(4)29-16(2)22-15-27-30(21-9-7-6-8-10-21)25(32)23(22)17(29)3/h6-15,18H,5H2,1-4H3,(H,28,31)/t18-/m0/s1. The molecule has 0 unspecified atom stereocenters. The average molecular weight is 459 g/mol. The Hall–Kier alpha value is -4.20. The van der Waals surface area contributed by atoms with Gasteiger partial charge in [0.15, 0.2) is 0 Å². The van der Waals surface area contributed by atoms with E-state index in [-0.39, 0.29) is 11.5 Å². The number of carbonyl (C=O) groups excluding carboxylic acids is 2. The molecule has 8 heteroatoms. The highest BCUT2D eigenvalue weighted by Gasteiger charge is 2.24. The molecule has 0 radical (unpaired) electrons. The van der Waals surface area contributed by atoms with Crippen molar-refractivity contribution >= 4 is 28.3 Å². The molecule has 0 spiro atoms. The van der Waals surface area contributed by atoms with Gasteiger partial charge >= 0.3 is 5.97 Å². The number of nitrogens with one attached hydrogen (secondary N) is 1. The predicted molar refractivity (Wildman–Crippen MR) is 131 cm³/mol. The topological polar surface area (TPSA) is 95.2 Å². The van der Waals surface area contributed by atoms with Gasteiger partial charge in [-0.1, -0.05) is 18.2 Å². The summed E-state index contributed by atoms with van der Waals surface area (Å²) in [6.07, 6.45) is 1.67. The molecule has 0 bridgehead atoms. The van der Waals surface area contributed by atoms with Gasteiger partial charge in [-0.25, -0.2) is 4.79 Å². The Morgan fingerprint density at radius 2 is 1.71 bits per heavy atom. The zero-order chi connectivity index (χ0) is 24.4. The molecule has 4 aromatic rings. The second kappa shape index (κ2) is 9.35. The number of nitrogens with zero attached hydrogens (tertiary/aromatic N) is 3. The van der Waals surface area contributed by atoms with Gasteiger partial charge in [0.05, 0.1) is 29.4 Å². The number of hydrogen-bond donors (Lipinski definition) is 1. The molecule has 0 saturated carbocycles. The fraction of sp³-hybridized carbons (Fsp3) is 0.231. The molecule has 1 atom stereocenters. The minimum Gasteiger partial charge on any atom is -0.462 e. The molecular formula is C26H26N4O4. The molecule has 0 aliphatic carbocycles. The van der Waals surface area contributed by atoms with Crippen LogP contribution in [0.25, 0.3) is 16.5 Å². The first-order valence-electron chi connectivity index (χ1n) is 11.1. The number of ether oxygens (including phenoxy) is 1. The van der Waals surface area contributed by atoms with Gasteiger partial charge < -0.3 is 14.6 Å². The molecule has 1 amide bonds. The lowest BCUT2D eigenvalue weighted by atomic mass is 10.2. The summed E-state index contributed by atoms with van der Waals surface area (Å²) < 4.78 is 8.21. The fourth-order valence-corrected chi connectivity index (χ4v) is 4.18. The summed E-state index contributed by atoms with van der Waals surface area (Å²) in [5.74, 6) is -0.652. The van der Waals surface area contributed by atoms with Crippen LogP contribution in [0.5, 0.6) is 0 Å². The van der Waals surface area contributed by atoms with Crippen molar-refractivity contribution in [2.24, 2.45) is 0 Å². The molecule has 0 fully saturated rings. The lowest BCUT2D eigenvalue weighted by Crippen LogP contribution is -2.25. The number of anilines is 1. The number of aryl methyl sites for hydroxylation is 2. The molecule has 2 heterocycles. The fourth-order valence-electron chi connectivity index (χ4n) is 4.18. The molecule has 0 saturated heterocycles. The van der Waals surface area contributed by atoms with Gasteiger partial charge in [-0.2, -0.15) is 9.78 Å². The van der Waals surface area contributed by atoms with Crippen molar-refractivity contribution < 1.29 is 14.3 Å². The molecule has 174 valence electrons. The third kappa shape index (κ3) is 4.10. The van der Waals surface area contributed by atoms with E-state index >= 15 is 0 Å². The smallest absolute Gasteiger partial charge is 0.338 e. The summed E-state index contributed by atoms with van der Waals surface area (Å²) in [6.45, 7) is 7.54. The molecule has 2 aromatic heterocycles. The monoisotopic (exact) mass is 458 g/mol. The third-order valence-corrected chi connectivity index (χ3v) is 5.88. The summed E-state index contributed by atoms with van der Waals surface area (Å²) in [5, 5.41) is 8.48. The summed E-state index contributed by atoms with van der Waals surface area (Å²) >= 11 is 0. The van der Waals surface area contributed by atoms with E-state index in [2.05, 4.69) is 10.4 Å². The summed E-state index contributed by atoms with van der Waals surface area (Å²) in [6, 6.07) is 15.2. The quantitative estimate of drug-likeness (QED) is 0.438. The first-order chi connectivity index (χ1) is 16.3. The number of aromatic nitrogens is 3. The van der Waals surface area contributed by atoms with E-state index in [1.807, 2.05) is 48.7 Å². The Morgan fingerprint density at radius 3 is 2.35 bits per heavy atom. The summed E-state index contributed by atoms with van der Waals surface area (Å²) in [4.78, 5) is 38.2. The molecule has 8 nitrogen and oxygen atoms in total. The number of fused-ring (bicyclic) bond motifs is 1. The Kier molecular flexibility index (Phi) is 6.32. The zero-order valence-electron chi connectivity index (χ0n) is 19.5. The van der Waals surface area contributed by atoms with E-state index in [4.69, 9.17) is 4.74 Å². The Bertz CT molecular complexity index is 1420. The van der Waals surface area contributed by atoms with Crippen LogP contribution in [-0.4, -0.2) is 32.8 Å². The van der Waals surface area contributed by atoms with Crippen molar-refractivity contribution in [1.29, 1.82) is 0 Å². The van der Waals surface area contributed by atoms with Crippen LogP contribution in [-0.2, 0) is 9.53 Å². The van der Waals surface area contributed by atoms with Gasteiger partial charge in [0.1, 0.15) is 6.04 Å².